The van der Waals surface area contributed by atoms with Gasteiger partial charge in [-0.05, 0) is 36.4 Å². The number of fused-ring (bicyclic) bond motifs is 1. The zero-order chi connectivity index (χ0) is 19.0. The monoisotopic (exact) mass is 399 g/mol. The van der Waals surface area contributed by atoms with Crippen LogP contribution in [0.2, 0.25) is 5.02 Å². The summed E-state index contributed by atoms with van der Waals surface area (Å²) in [5.41, 5.74) is 1.27. The Bertz CT molecular complexity index is 1250. The Balaban J connectivity index is 1.83. The van der Waals surface area contributed by atoms with E-state index in [1.807, 2.05) is 18.2 Å². The lowest BCUT2D eigenvalue weighted by atomic mass is 10.2. The Hall–Kier alpha value is -2.90. The minimum atomic E-state index is -0.236. The number of nitrogens with zero attached hydrogens (tertiary/aromatic N) is 3. The molecule has 0 fully saturated rings. The van der Waals surface area contributed by atoms with Gasteiger partial charge in [0, 0.05) is 16.1 Å². The molecule has 4 aromatic rings. The molecule has 0 aliphatic heterocycles. The van der Waals surface area contributed by atoms with E-state index >= 15 is 0 Å². The third kappa shape index (κ3) is 3.27. The number of aromatic nitrogens is 3. The molecular formula is C19H14ClN3O3S. The van der Waals surface area contributed by atoms with Gasteiger partial charge in [0.05, 0.1) is 18.8 Å². The van der Waals surface area contributed by atoms with Gasteiger partial charge in [-0.15, -0.1) is 5.10 Å². The second-order valence-corrected chi connectivity index (χ2v) is 7.11. The van der Waals surface area contributed by atoms with Gasteiger partial charge in [-0.1, -0.05) is 35.1 Å². The Morgan fingerprint density at radius 2 is 2.00 bits per heavy atom. The van der Waals surface area contributed by atoms with Gasteiger partial charge in [0.15, 0.2) is 5.82 Å². The molecule has 0 saturated heterocycles. The number of halogens is 1. The second-order valence-electron chi connectivity index (χ2n) is 5.66. The molecule has 0 bridgehead atoms. The second kappa shape index (κ2) is 7.02. The van der Waals surface area contributed by atoms with Crippen molar-refractivity contribution in [3.8, 4) is 22.9 Å². The number of ether oxygens (including phenoxy) is 2. The number of hydrogen-bond acceptors (Lipinski definition) is 6. The van der Waals surface area contributed by atoms with Crippen molar-refractivity contribution in [1.82, 2.24) is 14.6 Å². The first-order chi connectivity index (χ1) is 13.1. The van der Waals surface area contributed by atoms with Gasteiger partial charge in [-0.2, -0.15) is 9.50 Å². The molecule has 0 aliphatic rings. The molecule has 0 aliphatic carbocycles. The fourth-order valence-electron chi connectivity index (χ4n) is 2.68. The molecule has 8 heteroatoms. The molecule has 6 nitrogen and oxygen atoms in total. The van der Waals surface area contributed by atoms with Crippen molar-refractivity contribution >= 4 is 34.0 Å². The van der Waals surface area contributed by atoms with E-state index < -0.39 is 0 Å². The predicted octanol–water partition coefficient (Wildman–Crippen LogP) is 3.04. The largest absolute Gasteiger partial charge is 0.497 e. The predicted molar refractivity (Wildman–Crippen MR) is 106 cm³/mol. The van der Waals surface area contributed by atoms with Crippen LogP contribution in [0.25, 0.3) is 22.4 Å². The molecule has 4 rings (SSSR count). The highest BCUT2D eigenvalue weighted by molar-refractivity contribution is 7.15. The molecule has 0 unspecified atom stereocenters. The van der Waals surface area contributed by atoms with E-state index in [1.165, 1.54) is 15.9 Å². The minimum absolute atomic E-state index is 0.236. The highest BCUT2D eigenvalue weighted by atomic mass is 35.5. The van der Waals surface area contributed by atoms with Gasteiger partial charge in [-0.25, -0.2) is 0 Å². The molecule has 0 amide bonds. The van der Waals surface area contributed by atoms with E-state index in [1.54, 1.807) is 44.6 Å². The van der Waals surface area contributed by atoms with Gasteiger partial charge in [0.1, 0.15) is 11.5 Å². The van der Waals surface area contributed by atoms with Gasteiger partial charge in [0.2, 0.25) is 4.96 Å². The quantitative estimate of drug-likeness (QED) is 0.527. The van der Waals surface area contributed by atoms with Crippen LogP contribution in [0.3, 0.4) is 0 Å². The van der Waals surface area contributed by atoms with E-state index in [9.17, 15) is 4.79 Å². The standard InChI is InChI=1S/C19H14ClN3O3S/c1-25-14-6-7-15(26-2)12(9-14)10-16-18(24)23-19(27-16)21-17(22-23)11-4-3-5-13(20)8-11/h3-10H,1-2H3/b16-10+. The van der Waals surface area contributed by atoms with Crippen molar-refractivity contribution in [2.45, 2.75) is 0 Å². The highest BCUT2D eigenvalue weighted by Crippen LogP contribution is 2.25. The third-order valence-corrected chi connectivity index (χ3v) is 5.18. The summed E-state index contributed by atoms with van der Waals surface area (Å²) in [7, 11) is 3.17. The molecule has 2 aromatic carbocycles. The number of benzene rings is 2. The highest BCUT2D eigenvalue weighted by Gasteiger charge is 2.13. The zero-order valence-corrected chi connectivity index (χ0v) is 16.0. The summed E-state index contributed by atoms with van der Waals surface area (Å²) in [5.74, 6) is 1.79. The van der Waals surface area contributed by atoms with E-state index in [0.717, 1.165) is 11.1 Å². The maximum Gasteiger partial charge on any atom is 0.291 e. The first kappa shape index (κ1) is 17.5. The summed E-state index contributed by atoms with van der Waals surface area (Å²) in [6, 6.07) is 12.6. The van der Waals surface area contributed by atoms with Crippen LogP contribution in [0, 0.1) is 0 Å². The van der Waals surface area contributed by atoms with E-state index in [2.05, 4.69) is 10.1 Å². The lowest BCUT2D eigenvalue weighted by Gasteiger charge is -2.06. The van der Waals surface area contributed by atoms with Crippen LogP contribution in [-0.4, -0.2) is 28.8 Å². The summed E-state index contributed by atoms with van der Waals surface area (Å²) < 4.78 is 12.4. The van der Waals surface area contributed by atoms with Crippen molar-refractivity contribution in [3.05, 3.63) is 67.9 Å². The van der Waals surface area contributed by atoms with Crippen LogP contribution in [0.5, 0.6) is 11.5 Å². The molecular weight excluding hydrogens is 386 g/mol. The summed E-state index contributed by atoms with van der Waals surface area (Å²) in [6.45, 7) is 0. The lowest BCUT2D eigenvalue weighted by molar-refractivity contribution is 0.402. The van der Waals surface area contributed by atoms with Crippen molar-refractivity contribution in [2.75, 3.05) is 14.2 Å². The van der Waals surface area contributed by atoms with Crippen LogP contribution in [0.15, 0.2) is 47.3 Å². The summed E-state index contributed by atoms with van der Waals surface area (Å²) in [5, 5.41) is 4.92. The average molecular weight is 400 g/mol. The van der Waals surface area contributed by atoms with Gasteiger partial charge in [0.25, 0.3) is 5.56 Å². The smallest absolute Gasteiger partial charge is 0.291 e. The SMILES string of the molecule is COc1ccc(OC)c(/C=c2/sc3nc(-c4cccc(Cl)c4)nn3c2=O)c1. The van der Waals surface area contributed by atoms with E-state index in [4.69, 9.17) is 21.1 Å². The number of hydrogen-bond donors (Lipinski definition) is 0. The molecule has 136 valence electrons. The average Bonchev–Trinajstić information content (AvgIpc) is 3.21. The van der Waals surface area contributed by atoms with E-state index in [0.29, 0.717) is 31.8 Å². The molecule has 0 atom stereocenters. The maximum absolute atomic E-state index is 12.7. The molecule has 0 spiro atoms. The first-order valence-electron chi connectivity index (χ1n) is 7.98. The Kier molecular flexibility index (Phi) is 4.55. The van der Waals surface area contributed by atoms with Crippen LogP contribution < -0.4 is 19.6 Å². The first-order valence-corrected chi connectivity index (χ1v) is 9.18. The fourth-order valence-corrected chi connectivity index (χ4v) is 3.77. The molecule has 0 N–H and O–H groups in total. The van der Waals surface area contributed by atoms with Gasteiger partial charge < -0.3 is 9.47 Å². The van der Waals surface area contributed by atoms with Gasteiger partial charge in [-0.3, -0.25) is 4.79 Å². The summed E-state index contributed by atoms with van der Waals surface area (Å²) >= 11 is 7.28. The Labute approximate surface area is 163 Å². The van der Waals surface area contributed by atoms with Crippen LogP contribution in [0.1, 0.15) is 5.56 Å². The molecule has 0 saturated carbocycles. The topological polar surface area (TPSA) is 65.7 Å². The molecule has 2 aromatic heterocycles. The summed E-state index contributed by atoms with van der Waals surface area (Å²) in [6.07, 6.45) is 1.75. The summed E-state index contributed by atoms with van der Waals surface area (Å²) in [4.78, 5) is 17.7. The number of rotatable bonds is 4. The third-order valence-electron chi connectivity index (χ3n) is 3.99. The van der Waals surface area contributed by atoms with Gasteiger partial charge >= 0.3 is 0 Å². The Morgan fingerprint density at radius 1 is 1.15 bits per heavy atom. The lowest BCUT2D eigenvalue weighted by Crippen LogP contribution is -2.23. The Morgan fingerprint density at radius 3 is 2.70 bits per heavy atom. The van der Waals surface area contributed by atoms with Crippen LogP contribution in [-0.2, 0) is 0 Å². The number of thiazole rings is 1. The van der Waals surface area contributed by atoms with Crippen molar-refractivity contribution in [1.29, 1.82) is 0 Å². The molecule has 0 radical (unpaired) electrons. The van der Waals surface area contributed by atoms with Crippen molar-refractivity contribution in [3.63, 3.8) is 0 Å². The van der Waals surface area contributed by atoms with E-state index in [-0.39, 0.29) is 5.56 Å². The van der Waals surface area contributed by atoms with Crippen molar-refractivity contribution in [2.24, 2.45) is 0 Å². The minimum Gasteiger partial charge on any atom is -0.497 e. The van der Waals surface area contributed by atoms with Crippen molar-refractivity contribution < 1.29 is 9.47 Å². The van der Waals surface area contributed by atoms with Crippen LogP contribution in [0.4, 0.5) is 0 Å². The molecule has 27 heavy (non-hydrogen) atoms. The number of methoxy groups -OCH3 is 2. The zero-order valence-electron chi connectivity index (χ0n) is 14.5. The fraction of sp³-hybridized carbons (Fsp3) is 0.105. The van der Waals surface area contributed by atoms with Crippen LogP contribution >= 0.6 is 22.9 Å². The maximum atomic E-state index is 12.7. The normalized spacial score (nSPS) is 11.9. The molecule has 2 heterocycles.